The number of carbonyl (C=O) groups is 1. The number of carbonyl (C=O) groups excluding carboxylic acids is 1. The van der Waals surface area contributed by atoms with Gasteiger partial charge in [0.2, 0.25) is 5.91 Å². The summed E-state index contributed by atoms with van der Waals surface area (Å²) in [6, 6.07) is 0. The lowest BCUT2D eigenvalue weighted by Gasteiger charge is -2.07. The highest BCUT2D eigenvalue weighted by molar-refractivity contribution is 14.1. The molecule has 0 aromatic heterocycles. The number of hydrogen-bond donors (Lipinski definition) is 1. The average molecular weight is 343 g/mol. The molecule has 0 aliphatic rings. The van der Waals surface area contributed by atoms with Crippen molar-refractivity contribution in [2.24, 2.45) is 5.92 Å². The van der Waals surface area contributed by atoms with Crippen molar-refractivity contribution >= 4 is 28.5 Å². The minimum absolute atomic E-state index is 0.0531. The van der Waals surface area contributed by atoms with Gasteiger partial charge in [-0.1, -0.05) is 36.4 Å². The Labute approximate surface area is 112 Å². The van der Waals surface area contributed by atoms with Gasteiger partial charge in [0.1, 0.15) is 0 Å². The van der Waals surface area contributed by atoms with Gasteiger partial charge in [0.05, 0.1) is 24.2 Å². The van der Waals surface area contributed by atoms with E-state index in [0.29, 0.717) is 36.7 Å². The Bertz CT molecular complexity index is 177. The Hall–Kier alpha value is 0.120. The predicted molar refractivity (Wildman–Crippen MR) is 73.0 cm³/mol. The van der Waals surface area contributed by atoms with Crippen LogP contribution in [0.5, 0.6) is 0 Å². The maximum Gasteiger partial charge on any atom is 0.229 e. The van der Waals surface area contributed by atoms with Crippen LogP contribution in [-0.2, 0) is 14.3 Å². The maximum absolute atomic E-state index is 10.9. The predicted octanol–water partition coefficient (Wildman–Crippen LogP) is 1.62. The second-order valence-corrected chi connectivity index (χ2v) is 4.65. The molecule has 0 saturated heterocycles. The van der Waals surface area contributed by atoms with E-state index in [9.17, 15) is 4.79 Å². The molecule has 0 aliphatic heterocycles. The SMILES string of the molecule is CC(C)CCOCCOCCNC(=O)CI. The Morgan fingerprint density at radius 3 is 2.38 bits per heavy atom. The molecule has 0 saturated carbocycles. The summed E-state index contributed by atoms with van der Waals surface area (Å²) in [6.07, 6.45) is 1.09. The van der Waals surface area contributed by atoms with Crippen molar-refractivity contribution in [1.29, 1.82) is 0 Å². The summed E-state index contributed by atoms with van der Waals surface area (Å²) in [5.74, 6) is 0.738. The summed E-state index contributed by atoms with van der Waals surface area (Å²) < 4.78 is 11.2. The molecule has 0 atom stereocenters. The van der Waals surface area contributed by atoms with Gasteiger partial charge in [-0.15, -0.1) is 0 Å². The second-order valence-electron chi connectivity index (χ2n) is 3.89. The van der Waals surface area contributed by atoms with Crippen LogP contribution in [0, 0.1) is 5.92 Å². The number of nitrogens with one attached hydrogen (secondary N) is 1. The zero-order valence-electron chi connectivity index (χ0n) is 10.1. The summed E-state index contributed by atoms with van der Waals surface area (Å²) in [5.41, 5.74) is 0. The lowest BCUT2D eigenvalue weighted by atomic mass is 10.1. The van der Waals surface area contributed by atoms with Crippen LogP contribution in [0.25, 0.3) is 0 Å². The van der Waals surface area contributed by atoms with E-state index >= 15 is 0 Å². The van der Waals surface area contributed by atoms with Gasteiger partial charge in [-0.05, 0) is 12.3 Å². The largest absolute Gasteiger partial charge is 0.379 e. The topological polar surface area (TPSA) is 47.6 Å². The first-order valence-corrected chi connectivity index (χ1v) is 7.17. The summed E-state index contributed by atoms with van der Waals surface area (Å²) >= 11 is 2.03. The van der Waals surface area contributed by atoms with Gasteiger partial charge in [0.15, 0.2) is 0 Å². The molecular weight excluding hydrogens is 321 g/mol. The summed E-state index contributed by atoms with van der Waals surface area (Å²) in [6.45, 7) is 7.51. The van der Waals surface area contributed by atoms with Crippen molar-refractivity contribution < 1.29 is 14.3 Å². The minimum atomic E-state index is 0.0531. The van der Waals surface area contributed by atoms with Gasteiger partial charge in [-0.25, -0.2) is 0 Å². The van der Waals surface area contributed by atoms with E-state index in [1.54, 1.807) is 0 Å². The van der Waals surface area contributed by atoms with Crippen LogP contribution in [0.2, 0.25) is 0 Å². The quantitative estimate of drug-likeness (QED) is 0.373. The molecule has 0 spiro atoms. The normalized spacial score (nSPS) is 10.8. The fourth-order valence-electron chi connectivity index (χ4n) is 0.951. The molecule has 5 heteroatoms. The highest BCUT2D eigenvalue weighted by Crippen LogP contribution is 1.98. The van der Waals surface area contributed by atoms with Crippen LogP contribution in [0.3, 0.4) is 0 Å². The second kappa shape index (κ2) is 11.6. The Kier molecular flexibility index (Phi) is 11.7. The summed E-state index contributed by atoms with van der Waals surface area (Å²) in [4.78, 5) is 10.9. The molecule has 0 fully saturated rings. The van der Waals surface area contributed by atoms with Gasteiger partial charge >= 0.3 is 0 Å². The van der Waals surface area contributed by atoms with E-state index in [-0.39, 0.29) is 5.91 Å². The van der Waals surface area contributed by atoms with Crippen LogP contribution in [0.15, 0.2) is 0 Å². The first-order valence-electron chi connectivity index (χ1n) is 5.65. The maximum atomic E-state index is 10.9. The van der Waals surface area contributed by atoms with E-state index in [2.05, 4.69) is 19.2 Å². The monoisotopic (exact) mass is 343 g/mol. The van der Waals surface area contributed by atoms with E-state index in [1.165, 1.54) is 0 Å². The number of alkyl halides is 1. The van der Waals surface area contributed by atoms with Crippen LogP contribution >= 0.6 is 22.6 Å². The smallest absolute Gasteiger partial charge is 0.229 e. The molecule has 16 heavy (non-hydrogen) atoms. The standard InChI is InChI=1S/C11H22INO3/c1-10(2)3-5-15-7-8-16-6-4-13-11(14)9-12/h10H,3-9H2,1-2H3,(H,13,14). The van der Waals surface area contributed by atoms with Crippen molar-refractivity contribution in [3.05, 3.63) is 0 Å². The third-order valence-corrected chi connectivity index (χ3v) is 2.59. The zero-order valence-corrected chi connectivity index (χ0v) is 12.3. The highest BCUT2D eigenvalue weighted by Gasteiger charge is 1.96. The molecule has 0 radical (unpaired) electrons. The van der Waals surface area contributed by atoms with Gasteiger partial charge in [0.25, 0.3) is 0 Å². The fraction of sp³-hybridized carbons (Fsp3) is 0.909. The molecule has 0 aromatic rings. The molecule has 0 aromatic carbocycles. The Morgan fingerprint density at radius 1 is 1.19 bits per heavy atom. The first-order chi connectivity index (χ1) is 7.66. The van der Waals surface area contributed by atoms with E-state index in [0.717, 1.165) is 13.0 Å². The van der Waals surface area contributed by atoms with Crippen molar-refractivity contribution in [3.63, 3.8) is 0 Å². The minimum Gasteiger partial charge on any atom is -0.379 e. The molecule has 4 nitrogen and oxygen atoms in total. The van der Waals surface area contributed by atoms with Crippen LogP contribution < -0.4 is 5.32 Å². The van der Waals surface area contributed by atoms with Gasteiger partial charge in [-0.2, -0.15) is 0 Å². The lowest BCUT2D eigenvalue weighted by molar-refractivity contribution is -0.118. The summed E-state index contributed by atoms with van der Waals surface area (Å²) in [5, 5.41) is 2.74. The van der Waals surface area contributed by atoms with Crippen molar-refractivity contribution in [2.45, 2.75) is 20.3 Å². The molecule has 1 N–H and O–H groups in total. The van der Waals surface area contributed by atoms with Gasteiger partial charge in [-0.3, -0.25) is 4.79 Å². The van der Waals surface area contributed by atoms with Crippen molar-refractivity contribution in [1.82, 2.24) is 5.32 Å². The number of amides is 1. The van der Waals surface area contributed by atoms with Gasteiger partial charge in [0, 0.05) is 13.2 Å². The lowest BCUT2D eigenvalue weighted by Crippen LogP contribution is -2.28. The van der Waals surface area contributed by atoms with Crippen LogP contribution in [0.4, 0.5) is 0 Å². The fourth-order valence-corrected chi connectivity index (χ4v) is 1.22. The van der Waals surface area contributed by atoms with E-state index in [1.807, 2.05) is 22.6 Å². The number of rotatable bonds is 10. The molecule has 0 rings (SSSR count). The number of hydrogen-bond acceptors (Lipinski definition) is 3. The highest BCUT2D eigenvalue weighted by atomic mass is 127. The number of halogens is 1. The van der Waals surface area contributed by atoms with E-state index in [4.69, 9.17) is 9.47 Å². The molecule has 0 heterocycles. The summed E-state index contributed by atoms with van der Waals surface area (Å²) in [7, 11) is 0. The van der Waals surface area contributed by atoms with Crippen LogP contribution in [-0.4, -0.2) is 43.3 Å². The third-order valence-electron chi connectivity index (χ3n) is 1.90. The molecular formula is C11H22INO3. The molecule has 96 valence electrons. The molecule has 0 bridgehead atoms. The van der Waals surface area contributed by atoms with Gasteiger partial charge < -0.3 is 14.8 Å². The van der Waals surface area contributed by atoms with E-state index < -0.39 is 0 Å². The average Bonchev–Trinajstić information content (AvgIpc) is 2.26. The Morgan fingerprint density at radius 2 is 1.81 bits per heavy atom. The molecule has 0 unspecified atom stereocenters. The first kappa shape index (κ1) is 16.1. The molecule has 0 aliphatic carbocycles. The third kappa shape index (κ3) is 12.2. The Balaban J connectivity index is 3.01. The van der Waals surface area contributed by atoms with Crippen molar-refractivity contribution in [3.8, 4) is 0 Å². The van der Waals surface area contributed by atoms with Crippen LogP contribution in [0.1, 0.15) is 20.3 Å². The zero-order chi connectivity index (χ0) is 12.2. The van der Waals surface area contributed by atoms with Crippen molar-refractivity contribution in [2.75, 3.05) is 37.4 Å². The molecule has 1 amide bonds. The number of ether oxygens (including phenoxy) is 2.